The zero-order valence-corrected chi connectivity index (χ0v) is 15.2. The highest BCUT2D eigenvalue weighted by molar-refractivity contribution is 7.91. The summed E-state index contributed by atoms with van der Waals surface area (Å²) in [4.78, 5) is 35.0. The lowest BCUT2D eigenvalue weighted by Crippen LogP contribution is -2.22. The predicted molar refractivity (Wildman–Crippen MR) is 93.4 cm³/mol. The Morgan fingerprint density at radius 2 is 1.85 bits per heavy atom. The van der Waals surface area contributed by atoms with Crippen molar-refractivity contribution in [1.82, 2.24) is 0 Å². The van der Waals surface area contributed by atoms with Gasteiger partial charge in [0.25, 0.3) is 5.91 Å². The monoisotopic (exact) mass is 383 g/mol. The van der Waals surface area contributed by atoms with Crippen molar-refractivity contribution in [2.75, 3.05) is 30.0 Å². The summed E-state index contributed by atoms with van der Waals surface area (Å²) in [6.45, 7) is 1.52. The fourth-order valence-electron chi connectivity index (χ4n) is 2.57. The Hall–Kier alpha value is -2.42. The summed E-state index contributed by atoms with van der Waals surface area (Å²) in [6, 6.07) is 6.10. The lowest BCUT2D eigenvalue weighted by Gasteiger charge is -2.09. The van der Waals surface area contributed by atoms with Gasteiger partial charge in [-0.3, -0.25) is 9.59 Å². The summed E-state index contributed by atoms with van der Waals surface area (Å²) in [5.74, 6) is -1.74. The van der Waals surface area contributed by atoms with E-state index in [2.05, 4.69) is 5.32 Å². The molecular weight excluding hydrogens is 362 g/mol. The van der Waals surface area contributed by atoms with E-state index >= 15 is 0 Å². The Bertz CT molecular complexity index is 771. The van der Waals surface area contributed by atoms with Crippen LogP contribution in [-0.2, 0) is 28.9 Å². The van der Waals surface area contributed by atoms with Crippen molar-refractivity contribution in [1.29, 1.82) is 0 Å². The lowest BCUT2D eigenvalue weighted by molar-refractivity contribution is -0.148. The molecule has 8 nitrogen and oxygen atoms in total. The molecule has 1 aromatic carbocycles. The third-order valence-electron chi connectivity index (χ3n) is 3.83. The summed E-state index contributed by atoms with van der Waals surface area (Å²) in [7, 11) is -3.05. The van der Waals surface area contributed by atoms with Crippen molar-refractivity contribution in [3.8, 4) is 0 Å². The molecule has 1 amide bonds. The van der Waals surface area contributed by atoms with E-state index in [1.807, 2.05) is 0 Å². The van der Waals surface area contributed by atoms with Crippen LogP contribution in [0.25, 0.3) is 0 Å². The van der Waals surface area contributed by atoms with Gasteiger partial charge in [0.15, 0.2) is 16.4 Å². The Balaban J connectivity index is 1.74. The quantitative estimate of drug-likeness (QED) is 0.703. The number of ether oxygens (including phenoxy) is 2. The molecule has 0 unspecified atom stereocenters. The zero-order valence-electron chi connectivity index (χ0n) is 14.4. The maximum atomic E-state index is 11.8. The molecule has 0 bridgehead atoms. The normalized spacial score (nSPS) is 18.1. The molecule has 0 spiro atoms. The first-order valence-corrected chi connectivity index (χ1v) is 10.0. The highest BCUT2D eigenvalue weighted by Gasteiger charge is 2.29. The van der Waals surface area contributed by atoms with E-state index in [9.17, 15) is 22.8 Å². The number of rotatable bonds is 7. The summed E-state index contributed by atoms with van der Waals surface area (Å²) in [5.41, 5.74) is 0.809. The number of carbonyl (C=O) groups is 3. The van der Waals surface area contributed by atoms with Crippen molar-refractivity contribution < 1.29 is 32.3 Å². The molecule has 0 saturated carbocycles. The highest BCUT2D eigenvalue weighted by atomic mass is 32.2. The van der Waals surface area contributed by atoms with Gasteiger partial charge in [-0.15, -0.1) is 0 Å². The van der Waals surface area contributed by atoms with Gasteiger partial charge < -0.3 is 14.8 Å². The SMILES string of the molecule is CCOC(=O)c1ccc(NC(=O)COC(=O)C[C@@H]2CCS(=O)(=O)C2)cc1. The van der Waals surface area contributed by atoms with Gasteiger partial charge >= 0.3 is 11.9 Å². The standard InChI is InChI=1S/C17H21NO7S/c1-2-24-17(21)13-3-5-14(6-4-13)18-15(19)10-25-16(20)9-12-7-8-26(22,23)11-12/h3-6,12H,2,7-11H2,1H3,(H,18,19)/t12-/m0/s1. The topological polar surface area (TPSA) is 116 Å². The number of amides is 1. The summed E-state index contributed by atoms with van der Waals surface area (Å²) in [5, 5.41) is 2.54. The van der Waals surface area contributed by atoms with E-state index in [0.29, 0.717) is 17.7 Å². The van der Waals surface area contributed by atoms with Gasteiger partial charge in [0, 0.05) is 12.1 Å². The van der Waals surface area contributed by atoms with E-state index in [1.54, 1.807) is 6.92 Å². The second-order valence-corrected chi connectivity index (χ2v) is 8.21. The average Bonchev–Trinajstić information content (AvgIpc) is 2.92. The van der Waals surface area contributed by atoms with Gasteiger partial charge in [-0.05, 0) is 43.5 Å². The van der Waals surface area contributed by atoms with Crippen LogP contribution in [0, 0.1) is 5.92 Å². The summed E-state index contributed by atoms with van der Waals surface area (Å²) >= 11 is 0. The average molecular weight is 383 g/mol. The van der Waals surface area contributed by atoms with Crippen molar-refractivity contribution >= 4 is 33.4 Å². The number of nitrogens with one attached hydrogen (secondary N) is 1. The molecule has 2 rings (SSSR count). The first-order valence-electron chi connectivity index (χ1n) is 8.22. The number of carbonyl (C=O) groups excluding carboxylic acids is 3. The van der Waals surface area contributed by atoms with Crippen LogP contribution in [-0.4, -0.2) is 51.0 Å². The van der Waals surface area contributed by atoms with E-state index in [-0.39, 0.29) is 30.5 Å². The number of anilines is 1. The predicted octanol–water partition coefficient (Wildman–Crippen LogP) is 1.17. The minimum absolute atomic E-state index is 0.0128. The third kappa shape index (κ3) is 6.14. The number of hydrogen-bond acceptors (Lipinski definition) is 7. The fraction of sp³-hybridized carbons (Fsp3) is 0.471. The molecule has 26 heavy (non-hydrogen) atoms. The van der Waals surface area contributed by atoms with Gasteiger partial charge in [-0.2, -0.15) is 0 Å². The minimum atomic E-state index is -3.05. The smallest absolute Gasteiger partial charge is 0.338 e. The van der Waals surface area contributed by atoms with Crippen molar-refractivity contribution in [3.63, 3.8) is 0 Å². The molecule has 9 heteroatoms. The van der Waals surface area contributed by atoms with Crippen molar-refractivity contribution in [2.45, 2.75) is 19.8 Å². The number of benzene rings is 1. The second-order valence-electron chi connectivity index (χ2n) is 5.98. The van der Waals surface area contributed by atoms with Crippen molar-refractivity contribution in [2.24, 2.45) is 5.92 Å². The highest BCUT2D eigenvalue weighted by Crippen LogP contribution is 2.21. The molecule has 0 aromatic heterocycles. The third-order valence-corrected chi connectivity index (χ3v) is 5.66. The molecule has 142 valence electrons. The van der Waals surface area contributed by atoms with Crippen LogP contribution in [0.3, 0.4) is 0 Å². The molecule has 1 aliphatic heterocycles. The molecule has 1 N–H and O–H groups in total. The van der Waals surface area contributed by atoms with E-state index in [1.165, 1.54) is 24.3 Å². The summed E-state index contributed by atoms with van der Waals surface area (Å²) < 4.78 is 32.4. The Morgan fingerprint density at radius 3 is 2.42 bits per heavy atom. The van der Waals surface area contributed by atoms with Crippen LogP contribution in [0.15, 0.2) is 24.3 Å². The van der Waals surface area contributed by atoms with Gasteiger partial charge in [0.1, 0.15) is 0 Å². The maximum absolute atomic E-state index is 11.8. The molecule has 0 aliphatic carbocycles. The van der Waals surface area contributed by atoms with Crippen LogP contribution in [0.4, 0.5) is 5.69 Å². The Labute approximate surface area is 151 Å². The van der Waals surface area contributed by atoms with E-state index in [4.69, 9.17) is 9.47 Å². The van der Waals surface area contributed by atoms with E-state index < -0.39 is 34.3 Å². The summed E-state index contributed by atoms with van der Waals surface area (Å²) in [6.07, 6.45) is 0.428. The molecule has 0 radical (unpaired) electrons. The second kappa shape index (κ2) is 8.79. The number of esters is 2. The van der Waals surface area contributed by atoms with Gasteiger partial charge in [0.2, 0.25) is 0 Å². The molecule has 1 atom stereocenters. The van der Waals surface area contributed by atoms with E-state index in [0.717, 1.165) is 0 Å². The van der Waals surface area contributed by atoms with Gasteiger partial charge in [-0.25, -0.2) is 13.2 Å². The van der Waals surface area contributed by atoms with Crippen LogP contribution >= 0.6 is 0 Å². The fourth-order valence-corrected chi connectivity index (χ4v) is 4.44. The maximum Gasteiger partial charge on any atom is 0.338 e. The van der Waals surface area contributed by atoms with Gasteiger partial charge in [0.05, 0.1) is 23.7 Å². The molecule has 1 fully saturated rings. The van der Waals surface area contributed by atoms with Crippen LogP contribution < -0.4 is 5.32 Å². The first-order chi connectivity index (χ1) is 12.3. The molecular formula is C17H21NO7S. The lowest BCUT2D eigenvalue weighted by atomic mass is 10.1. The van der Waals surface area contributed by atoms with Crippen molar-refractivity contribution in [3.05, 3.63) is 29.8 Å². The molecule has 1 aromatic rings. The van der Waals surface area contributed by atoms with Crippen LogP contribution in [0.1, 0.15) is 30.1 Å². The Morgan fingerprint density at radius 1 is 1.15 bits per heavy atom. The molecule has 1 heterocycles. The molecule has 1 saturated heterocycles. The number of hydrogen-bond donors (Lipinski definition) is 1. The van der Waals surface area contributed by atoms with Gasteiger partial charge in [-0.1, -0.05) is 0 Å². The Kier molecular flexibility index (Phi) is 6.73. The first kappa shape index (κ1) is 19.9. The van der Waals surface area contributed by atoms with Crippen LogP contribution in [0.5, 0.6) is 0 Å². The largest absolute Gasteiger partial charge is 0.462 e. The molecule has 1 aliphatic rings. The zero-order chi connectivity index (χ0) is 19.2. The van der Waals surface area contributed by atoms with Crippen LogP contribution in [0.2, 0.25) is 0 Å². The minimum Gasteiger partial charge on any atom is -0.462 e. The number of sulfone groups is 1.